The Morgan fingerprint density at radius 2 is 0.742 bits per heavy atom. The highest BCUT2D eigenvalue weighted by Gasteiger charge is 2.37. The van der Waals surface area contributed by atoms with Crippen molar-refractivity contribution >= 4 is 27.8 Å². The van der Waals surface area contributed by atoms with Gasteiger partial charge in [-0.1, -0.05) is 214 Å². The molecule has 0 bridgehead atoms. The molecule has 1 heteroatoms. The lowest BCUT2D eigenvalue weighted by Crippen LogP contribution is -2.16. The summed E-state index contributed by atoms with van der Waals surface area (Å²) in [7, 11) is 0. The summed E-state index contributed by atoms with van der Waals surface area (Å²) < 4.78 is 0. The summed E-state index contributed by atoms with van der Waals surface area (Å²) in [5.74, 6) is 0. The van der Waals surface area contributed by atoms with Crippen LogP contribution in [-0.2, 0) is 5.41 Å². The van der Waals surface area contributed by atoms with Crippen molar-refractivity contribution in [3.05, 3.63) is 248 Å². The summed E-state index contributed by atoms with van der Waals surface area (Å²) in [6.07, 6.45) is 0. The summed E-state index contributed by atoms with van der Waals surface area (Å²) in [6.45, 7) is 4.76. The lowest BCUT2D eigenvalue weighted by Gasteiger charge is -2.28. The van der Waals surface area contributed by atoms with Crippen molar-refractivity contribution < 1.29 is 0 Å². The highest BCUT2D eigenvalue weighted by atomic mass is 15.1. The molecule has 1 aliphatic rings. The first-order chi connectivity index (χ1) is 30.5. The molecule has 0 spiro atoms. The van der Waals surface area contributed by atoms with Crippen LogP contribution in [0.1, 0.15) is 25.0 Å². The monoisotopic (exact) mass is 791 g/mol. The average Bonchev–Trinajstić information content (AvgIpc) is 3.58. The fraction of sp³-hybridized carbons (Fsp3) is 0.0492. The summed E-state index contributed by atoms with van der Waals surface area (Å²) >= 11 is 0. The number of nitrogens with zero attached hydrogens (tertiary/aromatic N) is 1. The van der Waals surface area contributed by atoms with Crippen LogP contribution < -0.4 is 4.90 Å². The lowest BCUT2D eigenvalue weighted by atomic mass is 9.81. The van der Waals surface area contributed by atoms with E-state index in [-0.39, 0.29) is 5.41 Å². The van der Waals surface area contributed by atoms with Crippen LogP contribution >= 0.6 is 0 Å². The molecule has 0 unspecified atom stereocenters. The van der Waals surface area contributed by atoms with Crippen LogP contribution in [0.2, 0.25) is 0 Å². The fourth-order valence-electron chi connectivity index (χ4n) is 9.73. The van der Waals surface area contributed by atoms with Crippen molar-refractivity contribution in [1.29, 1.82) is 0 Å². The topological polar surface area (TPSA) is 3.24 Å². The highest BCUT2D eigenvalue weighted by Crippen LogP contribution is 2.54. The number of anilines is 3. The van der Waals surface area contributed by atoms with Crippen LogP contribution in [0.15, 0.2) is 237 Å². The fourth-order valence-corrected chi connectivity index (χ4v) is 9.73. The SMILES string of the molecule is CC1(C)c2cc(N(c3ccc(-c4ccccc4)cc3)c3ccc(-c4ccc5ccccc5c4-c4ccccc4)cc3)ccc2-c2c(-c3ccc(-c4ccccc4)cc3)cccc21. The van der Waals surface area contributed by atoms with Crippen molar-refractivity contribution in [3.8, 4) is 66.8 Å². The highest BCUT2D eigenvalue weighted by molar-refractivity contribution is 6.04. The largest absolute Gasteiger partial charge is 0.310 e. The van der Waals surface area contributed by atoms with Gasteiger partial charge < -0.3 is 4.90 Å². The van der Waals surface area contributed by atoms with Gasteiger partial charge in [0.1, 0.15) is 0 Å². The van der Waals surface area contributed by atoms with E-state index in [1.807, 2.05) is 0 Å². The average molecular weight is 792 g/mol. The summed E-state index contributed by atoms with van der Waals surface area (Å²) in [5.41, 5.74) is 20.8. The van der Waals surface area contributed by atoms with Crippen LogP contribution in [0.4, 0.5) is 17.1 Å². The lowest BCUT2D eigenvalue weighted by molar-refractivity contribution is 0.660. The molecule has 1 nitrogen and oxygen atoms in total. The molecule has 0 fully saturated rings. The predicted molar refractivity (Wildman–Crippen MR) is 263 cm³/mol. The Labute approximate surface area is 364 Å². The van der Waals surface area contributed by atoms with Gasteiger partial charge in [-0.25, -0.2) is 0 Å². The normalized spacial score (nSPS) is 12.5. The Morgan fingerprint density at radius 1 is 0.290 bits per heavy atom. The third kappa shape index (κ3) is 6.51. The third-order valence-corrected chi connectivity index (χ3v) is 12.9. The van der Waals surface area contributed by atoms with Crippen LogP contribution in [0.3, 0.4) is 0 Å². The van der Waals surface area contributed by atoms with E-state index in [0.717, 1.165) is 17.1 Å². The molecule has 0 radical (unpaired) electrons. The van der Waals surface area contributed by atoms with Gasteiger partial charge in [-0.05, 0) is 125 Å². The summed E-state index contributed by atoms with van der Waals surface area (Å²) in [4.78, 5) is 2.42. The van der Waals surface area contributed by atoms with E-state index in [1.54, 1.807) is 0 Å². The molecule has 62 heavy (non-hydrogen) atoms. The Morgan fingerprint density at radius 3 is 1.35 bits per heavy atom. The van der Waals surface area contributed by atoms with Gasteiger partial charge in [-0.15, -0.1) is 0 Å². The van der Waals surface area contributed by atoms with E-state index < -0.39 is 0 Å². The van der Waals surface area contributed by atoms with Crippen molar-refractivity contribution in [1.82, 2.24) is 0 Å². The molecule has 0 saturated carbocycles. The first kappa shape index (κ1) is 37.3. The molecular formula is C61H45N. The van der Waals surface area contributed by atoms with Crippen molar-refractivity contribution in [3.63, 3.8) is 0 Å². The second-order valence-electron chi connectivity index (χ2n) is 16.9. The maximum atomic E-state index is 2.44. The maximum Gasteiger partial charge on any atom is 0.0465 e. The quantitative estimate of drug-likeness (QED) is 0.148. The molecule has 0 saturated heterocycles. The molecule has 10 aromatic carbocycles. The minimum absolute atomic E-state index is 0.197. The van der Waals surface area contributed by atoms with E-state index >= 15 is 0 Å². The van der Waals surface area contributed by atoms with E-state index in [0.29, 0.717) is 0 Å². The van der Waals surface area contributed by atoms with Gasteiger partial charge in [0.2, 0.25) is 0 Å². The van der Waals surface area contributed by atoms with Gasteiger partial charge in [-0.2, -0.15) is 0 Å². The Kier molecular flexibility index (Phi) is 9.24. The predicted octanol–water partition coefficient (Wildman–Crippen LogP) is 17.0. The number of rotatable bonds is 8. The van der Waals surface area contributed by atoms with Crippen molar-refractivity contribution in [2.24, 2.45) is 0 Å². The molecule has 0 aliphatic heterocycles. The van der Waals surface area contributed by atoms with Gasteiger partial charge in [0.25, 0.3) is 0 Å². The molecule has 294 valence electrons. The van der Waals surface area contributed by atoms with Crippen molar-refractivity contribution in [2.45, 2.75) is 19.3 Å². The van der Waals surface area contributed by atoms with Gasteiger partial charge in [-0.3, -0.25) is 0 Å². The molecule has 10 aromatic rings. The molecule has 1 aliphatic carbocycles. The molecule has 0 aromatic heterocycles. The molecule has 0 atom stereocenters. The smallest absolute Gasteiger partial charge is 0.0465 e. The zero-order valence-corrected chi connectivity index (χ0v) is 35.0. The summed E-state index contributed by atoms with van der Waals surface area (Å²) in [5, 5.41) is 2.50. The Hall–Kier alpha value is -7.74. The third-order valence-electron chi connectivity index (χ3n) is 12.9. The molecule has 0 N–H and O–H groups in total. The van der Waals surface area contributed by atoms with Crippen molar-refractivity contribution in [2.75, 3.05) is 4.90 Å². The zero-order chi connectivity index (χ0) is 41.6. The first-order valence-electron chi connectivity index (χ1n) is 21.6. The minimum atomic E-state index is -0.197. The van der Waals surface area contributed by atoms with Crippen LogP contribution in [0, 0.1) is 0 Å². The molecule has 0 amide bonds. The van der Waals surface area contributed by atoms with Gasteiger partial charge in [0.15, 0.2) is 0 Å². The maximum absolute atomic E-state index is 2.44. The number of fused-ring (bicyclic) bond motifs is 4. The number of benzene rings is 10. The zero-order valence-electron chi connectivity index (χ0n) is 35.0. The van der Waals surface area contributed by atoms with E-state index in [2.05, 4.69) is 255 Å². The van der Waals surface area contributed by atoms with E-state index in [9.17, 15) is 0 Å². The van der Waals surface area contributed by atoms with Crippen LogP contribution in [0.25, 0.3) is 77.5 Å². The molecular weight excluding hydrogens is 747 g/mol. The van der Waals surface area contributed by atoms with Gasteiger partial charge >= 0.3 is 0 Å². The second-order valence-corrected chi connectivity index (χ2v) is 16.9. The number of hydrogen-bond donors (Lipinski definition) is 0. The molecule has 0 heterocycles. The Bertz CT molecular complexity index is 3200. The van der Waals surface area contributed by atoms with E-state index in [4.69, 9.17) is 0 Å². The van der Waals surface area contributed by atoms with Crippen LogP contribution in [0.5, 0.6) is 0 Å². The Balaban J connectivity index is 1.02. The standard InChI is InChI=1S/C61H45N/c1-61(2)57-24-14-23-54(47-27-25-44(26-28-47)42-15-6-3-7-16-42)60(57)56-40-38-52(41-58(56)61)62(50-34-29-45(30-35-50)43-17-8-4-9-18-43)51-36-31-48(32-37-51)55-39-33-46-19-12-13-22-53(46)59(55)49-20-10-5-11-21-49/h3-41H,1-2H3. The van der Waals surface area contributed by atoms with Gasteiger partial charge in [0.05, 0.1) is 0 Å². The minimum Gasteiger partial charge on any atom is -0.310 e. The van der Waals surface area contributed by atoms with Gasteiger partial charge in [0, 0.05) is 22.5 Å². The molecule has 11 rings (SSSR count). The number of hydrogen-bond acceptors (Lipinski definition) is 1. The van der Waals surface area contributed by atoms with Crippen LogP contribution in [-0.4, -0.2) is 0 Å². The second kappa shape index (κ2) is 15.4. The van der Waals surface area contributed by atoms with E-state index in [1.165, 1.54) is 88.7 Å². The first-order valence-corrected chi connectivity index (χ1v) is 21.6. The summed E-state index contributed by atoms with van der Waals surface area (Å²) in [6, 6.07) is 86.5.